The zero-order valence-corrected chi connectivity index (χ0v) is 11.0. The van der Waals surface area contributed by atoms with Gasteiger partial charge in [-0.1, -0.05) is 0 Å². The van der Waals surface area contributed by atoms with E-state index in [4.69, 9.17) is 5.11 Å². The lowest BCUT2D eigenvalue weighted by Crippen LogP contribution is -2.45. The first-order chi connectivity index (χ1) is 9.41. The average molecular weight is 281 g/mol. The van der Waals surface area contributed by atoms with Crippen molar-refractivity contribution >= 4 is 11.9 Å². The van der Waals surface area contributed by atoms with Crippen LogP contribution in [0.1, 0.15) is 12.8 Å². The Kier molecular flexibility index (Phi) is 3.73. The smallest absolute Gasteiger partial charge is 0.331 e. The molecule has 1 saturated heterocycles. The summed E-state index contributed by atoms with van der Waals surface area (Å²) in [6.07, 6.45) is 2.29. The van der Waals surface area contributed by atoms with Gasteiger partial charge in [-0.05, 0) is 12.8 Å². The van der Waals surface area contributed by atoms with Gasteiger partial charge in [0.05, 0.1) is 0 Å². The van der Waals surface area contributed by atoms with Gasteiger partial charge in [0, 0.05) is 25.9 Å². The number of aliphatic carboxylic acids is 1. The second-order valence-corrected chi connectivity index (χ2v) is 4.71. The molecule has 0 unspecified atom stereocenters. The highest BCUT2D eigenvalue weighted by molar-refractivity contribution is 5.84. The standard InChI is InChI=1S/C12H15N3O5/c1-13-9(16)4-6-14(12(13)20)7-10(17)15-5-2-3-8(15)11(18)19/h4,6,8H,2-3,5,7H2,1H3,(H,18,19)/t8-/m0/s1. The van der Waals surface area contributed by atoms with Gasteiger partial charge in [-0.2, -0.15) is 0 Å². The monoisotopic (exact) mass is 281 g/mol. The van der Waals surface area contributed by atoms with Crippen LogP contribution in [0.15, 0.2) is 21.9 Å². The van der Waals surface area contributed by atoms with Crippen LogP contribution < -0.4 is 11.2 Å². The molecule has 0 bridgehead atoms. The van der Waals surface area contributed by atoms with E-state index in [0.29, 0.717) is 19.4 Å². The van der Waals surface area contributed by atoms with Gasteiger partial charge in [0.25, 0.3) is 5.56 Å². The van der Waals surface area contributed by atoms with Gasteiger partial charge in [-0.3, -0.25) is 18.7 Å². The molecule has 1 amide bonds. The lowest BCUT2D eigenvalue weighted by atomic mass is 10.2. The van der Waals surface area contributed by atoms with E-state index in [1.165, 1.54) is 24.2 Å². The van der Waals surface area contributed by atoms with Gasteiger partial charge in [0.2, 0.25) is 5.91 Å². The second-order valence-electron chi connectivity index (χ2n) is 4.71. The van der Waals surface area contributed by atoms with E-state index in [0.717, 1.165) is 9.13 Å². The largest absolute Gasteiger partial charge is 0.480 e. The third-order valence-electron chi connectivity index (χ3n) is 3.42. The van der Waals surface area contributed by atoms with Crippen molar-refractivity contribution in [3.05, 3.63) is 33.1 Å². The zero-order chi connectivity index (χ0) is 14.9. The maximum absolute atomic E-state index is 12.1. The first-order valence-corrected chi connectivity index (χ1v) is 6.20. The number of carboxylic acid groups (broad SMARTS) is 1. The molecule has 1 fully saturated rings. The van der Waals surface area contributed by atoms with Crippen LogP contribution in [0.4, 0.5) is 0 Å². The Morgan fingerprint density at radius 3 is 2.75 bits per heavy atom. The van der Waals surface area contributed by atoms with Crippen LogP contribution in [0.25, 0.3) is 0 Å². The Hall–Kier alpha value is -2.38. The quantitative estimate of drug-likeness (QED) is 0.736. The molecule has 1 atom stereocenters. The molecule has 8 nitrogen and oxygen atoms in total. The van der Waals surface area contributed by atoms with Gasteiger partial charge in [-0.15, -0.1) is 0 Å². The first kappa shape index (κ1) is 14.0. The molecule has 2 rings (SSSR count). The lowest BCUT2D eigenvalue weighted by Gasteiger charge is -2.21. The molecule has 0 radical (unpaired) electrons. The number of aromatic nitrogens is 2. The lowest BCUT2D eigenvalue weighted by molar-refractivity contribution is -0.148. The molecule has 2 heterocycles. The van der Waals surface area contributed by atoms with E-state index in [2.05, 4.69) is 0 Å². The number of nitrogens with zero attached hydrogens (tertiary/aromatic N) is 3. The number of amides is 1. The van der Waals surface area contributed by atoms with Crippen molar-refractivity contribution in [2.24, 2.45) is 7.05 Å². The fraction of sp³-hybridized carbons (Fsp3) is 0.500. The molecule has 1 aliphatic rings. The highest BCUT2D eigenvalue weighted by Crippen LogP contribution is 2.17. The van der Waals surface area contributed by atoms with Crippen molar-refractivity contribution in [2.45, 2.75) is 25.4 Å². The fourth-order valence-electron chi connectivity index (χ4n) is 2.30. The van der Waals surface area contributed by atoms with E-state index in [1.54, 1.807) is 0 Å². The molecule has 0 aromatic carbocycles. The highest BCUT2D eigenvalue weighted by atomic mass is 16.4. The number of carbonyl (C=O) groups is 2. The predicted octanol–water partition coefficient (Wildman–Crippen LogP) is -1.38. The van der Waals surface area contributed by atoms with Gasteiger partial charge < -0.3 is 10.0 Å². The summed E-state index contributed by atoms with van der Waals surface area (Å²) in [5.41, 5.74) is -1.06. The van der Waals surface area contributed by atoms with Crippen molar-refractivity contribution in [3.63, 3.8) is 0 Å². The molecule has 1 aliphatic heterocycles. The Morgan fingerprint density at radius 2 is 2.10 bits per heavy atom. The highest BCUT2D eigenvalue weighted by Gasteiger charge is 2.33. The summed E-state index contributed by atoms with van der Waals surface area (Å²) in [6.45, 7) is 0.104. The van der Waals surface area contributed by atoms with Crippen LogP contribution in [0, 0.1) is 0 Å². The number of hydrogen-bond acceptors (Lipinski definition) is 4. The summed E-state index contributed by atoms with van der Waals surface area (Å²) in [7, 11) is 1.32. The molecule has 1 N–H and O–H groups in total. The minimum atomic E-state index is -1.04. The summed E-state index contributed by atoms with van der Waals surface area (Å²) >= 11 is 0. The molecule has 0 spiro atoms. The molecule has 20 heavy (non-hydrogen) atoms. The van der Waals surface area contributed by atoms with E-state index >= 15 is 0 Å². The summed E-state index contributed by atoms with van der Waals surface area (Å²) in [5, 5.41) is 9.03. The van der Waals surface area contributed by atoms with Gasteiger partial charge >= 0.3 is 11.7 Å². The van der Waals surface area contributed by atoms with Crippen LogP contribution in [0.2, 0.25) is 0 Å². The number of hydrogen-bond donors (Lipinski definition) is 1. The third-order valence-corrected chi connectivity index (χ3v) is 3.42. The number of likely N-dealkylation sites (tertiary alicyclic amines) is 1. The van der Waals surface area contributed by atoms with Gasteiger partial charge in [0.15, 0.2) is 0 Å². The normalized spacial score (nSPS) is 18.2. The fourth-order valence-corrected chi connectivity index (χ4v) is 2.30. The molecule has 108 valence electrons. The summed E-state index contributed by atoms with van der Waals surface area (Å²) in [4.78, 5) is 47.4. The van der Waals surface area contributed by atoms with Gasteiger partial charge in [0.1, 0.15) is 12.6 Å². The summed E-state index contributed by atoms with van der Waals surface area (Å²) in [6, 6.07) is 0.360. The predicted molar refractivity (Wildman–Crippen MR) is 68.3 cm³/mol. The zero-order valence-electron chi connectivity index (χ0n) is 11.0. The van der Waals surface area contributed by atoms with Crippen molar-refractivity contribution in [1.29, 1.82) is 0 Å². The third kappa shape index (κ3) is 2.49. The number of carboxylic acids is 1. The summed E-state index contributed by atoms with van der Waals surface area (Å²) in [5.74, 6) is -1.47. The number of rotatable bonds is 3. The van der Waals surface area contributed by atoms with Crippen molar-refractivity contribution in [2.75, 3.05) is 6.54 Å². The van der Waals surface area contributed by atoms with Crippen LogP contribution in [0.5, 0.6) is 0 Å². The SMILES string of the molecule is Cn1c(=O)ccn(CC(=O)N2CCC[C@H]2C(=O)O)c1=O. The molecule has 1 aromatic rings. The van der Waals surface area contributed by atoms with Crippen molar-refractivity contribution < 1.29 is 14.7 Å². The maximum atomic E-state index is 12.1. The minimum Gasteiger partial charge on any atom is -0.480 e. The molecule has 1 aromatic heterocycles. The molecular weight excluding hydrogens is 266 g/mol. The van der Waals surface area contributed by atoms with Crippen LogP contribution >= 0.6 is 0 Å². The van der Waals surface area contributed by atoms with E-state index < -0.39 is 29.2 Å². The Morgan fingerprint density at radius 1 is 1.40 bits per heavy atom. The van der Waals surface area contributed by atoms with E-state index in [9.17, 15) is 19.2 Å². The average Bonchev–Trinajstić information content (AvgIpc) is 2.89. The van der Waals surface area contributed by atoms with E-state index in [1.807, 2.05) is 0 Å². The second kappa shape index (κ2) is 5.32. The maximum Gasteiger partial charge on any atom is 0.331 e. The Balaban J connectivity index is 2.20. The van der Waals surface area contributed by atoms with E-state index in [-0.39, 0.29) is 6.54 Å². The molecule has 0 saturated carbocycles. The topological polar surface area (TPSA) is 102 Å². The van der Waals surface area contributed by atoms with Crippen LogP contribution in [-0.2, 0) is 23.2 Å². The van der Waals surface area contributed by atoms with Crippen LogP contribution in [-0.4, -0.2) is 43.6 Å². The van der Waals surface area contributed by atoms with Crippen molar-refractivity contribution in [1.82, 2.24) is 14.0 Å². The van der Waals surface area contributed by atoms with Gasteiger partial charge in [-0.25, -0.2) is 9.59 Å². The van der Waals surface area contributed by atoms with Crippen LogP contribution in [0.3, 0.4) is 0 Å². The molecule has 0 aliphatic carbocycles. The Labute approximate surface area is 113 Å². The molecule has 8 heteroatoms. The summed E-state index contributed by atoms with van der Waals surface area (Å²) < 4.78 is 1.99. The minimum absolute atomic E-state index is 0.267. The Bertz CT molecular complexity index is 660. The first-order valence-electron chi connectivity index (χ1n) is 6.20. The van der Waals surface area contributed by atoms with Crippen molar-refractivity contribution in [3.8, 4) is 0 Å². The number of carbonyl (C=O) groups excluding carboxylic acids is 1. The molecular formula is C12H15N3O5.